The van der Waals surface area contributed by atoms with Crippen LogP contribution in [-0.4, -0.2) is 30.3 Å². The van der Waals surface area contributed by atoms with Crippen molar-refractivity contribution in [2.24, 2.45) is 5.92 Å². The van der Waals surface area contributed by atoms with Gasteiger partial charge in [0.2, 0.25) is 0 Å². The van der Waals surface area contributed by atoms with Gasteiger partial charge in [-0.2, -0.15) is 0 Å². The zero-order valence-electron chi connectivity index (χ0n) is 17.7. The molecule has 0 aliphatic carbocycles. The van der Waals surface area contributed by atoms with Crippen LogP contribution >= 0.6 is 0 Å². The van der Waals surface area contributed by atoms with Gasteiger partial charge in [-0.05, 0) is 49.9 Å². The molecule has 0 atom stereocenters. The van der Waals surface area contributed by atoms with Crippen LogP contribution < -0.4 is 14.8 Å². The summed E-state index contributed by atoms with van der Waals surface area (Å²) in [5.41, 5.74) is 2.34. The minimum absolute atomic E-state index is 0.104. The Bertz CT molecular complexity index is 934. The highest BCUT2D eigenvalue weighted by molar-refractivity contribution is 5.83. The number of halogens is 1. The first-order chi connectivity index (χ1) is 13.8. The van der Waals surface area contributed by atoms with E-state index >= 15 is 0 Å². The molecule has 0 saturated heterocycles. The van der Waals surface area contributed by atoms with Crippen molar-refractivity contribution in [1.82, 2.24) is 10.3 Å². The summed E-state index contributed by atoms with van der Waals surface area (Å²) in [5.74, 6) is 1.09. The van der Waals surface area contributed by atoms with Gasteiger partial charge in [0.25, 0.3) is 0 Å². The Morgan fingerprint density at radius 1 is 1.07 bits per heavy atom. The summed E-state index contributed by atoms with van der Waals surface area (Å²) in [6, 6.07) is 12.7. The third-order valence-electron chi connectivity index (χ3n) is 4.75. The second kappa shape index (κ2) is 9.31. The molecule has 1 heterocycles. The summed E-state index contributed by atoms with van der Waals surface area (Å²) < 4.78 is 25.2. The van der Waals surface area contributed by atoms with Crippen LogP contribution in [-0.2, 0) is 6.42 Å². The first kappa shape index (κ1) is 21.2. The molecule has 0 fully saturated rings. The summed E-state index contributed by atoms with van der Waals surface area (Å²) in [5, 5.41) is 4.80. The van der Waals surface area contributed by atoms with Gasteiger partial charge in [0.15, 0.2) is 11.5 Å². The minimum Gasteiger partial charge on any atom is -0.489 e. The molecule has 156 valence electrons. The zero-order valence-corrected chi connectivity index (χ0v) is 17.7. The van der Waals surface area contributed by atoms with Crippen molar-refractivity contribution in [3.8, 4) is 11.5 Å². The molecule has 0 radical (unpaired) electrons. The Morgan fingerprint density at radius 2 is 1.86 bits per heavy atom. The van der Waals surface area contributed by atoms with Gasteiger partial charge in [-0.25, -0.2) is 4.39 Å². The smallest absolute Gasteiger partial charge is 0.164 e. The van der Waals surface area contributed by atoms with Crippen molar-refractivity contribution >= 4 is 10.9 Å². The molecule has 4 nitrogen and oxygen atoms in total. The summed E-state index contributed by atoms with van der Waals surface area (Å²) >= 11 is 0. The number of hydrogen-bond donors (Lipinski definition) is 2. The van der Waals surface area contributed by atoms with Crippen LogP contribution in [0.2, 0.25) is 0 Å². The van der Waals surface area contributed by atoms with Crippen LogP contribution in [0.25, 0.3) is 10.9 Å². The van der Waals surface area contributed by atoms with Crippen LogP contribution in [0.3, 0.4) is 0 Å². The van der Waals surface area contributed by atoms with E-state index in [-0.39, 0.29) is 11.4 Å². The predicted molar refractivity (Wildman–Crippen MR) is 116 cm³/mol. The summed E-state index contributed by atoms with van der Waals surface area (Å²) in [7, 11) is 0. The number of aromatic nitrogens is 1. The fourth-order valence-electron chi connectivity index (χ4n) is 3.34. The lowest BCUT2D eigenvalue weighted by Gasteiger charge is -2.26. The Morgan fingerprint density at radius 3 is 2.66 bits per heavy atom. The number of H-pyrrole nitrogens is 1. The van der Waals surface area contributed by atoms with Crippen molar-refractivity contribution in [2.45, 2.75) is 39.7 Å². The average Bonchev–Trinajstić information content (AvgIpc) is 3.07. The third-order valence-corrected chi connectivity index (χ3v) is 4.75. The number of benzene rings is 2. The number of ether oxygens (including phenoxy) is 2. The Kier molecular flexibility index (Phi) is 6.80. The van der Waals surface area contributed by atoms with E-state index in [1.54, 1.807) is 6.07 Å². The van der Waals surface area contributed by atoms with Crippen LogP contribution in [0.4, 0.5) is 4.39 Å². The van der Waals surface area contributed by atoms with Crippen LogP contribution in [0.15, 0.2) is 48.7 Å². The van der Waals surface area contributed by atoms with E-state index in [4.69, 9.17) is 9.47 Å². The zero-order chi connectivity index (χ0) is 20.9. The fourth-order valence-corrected chi connectivity index (χ4v) is 3.34. The van der Waals surface area contributed by atoms with Gasteiger partial charge in [-0.3, -0.25) is 0 Å². The highest BCUT2D eigenvalue weighted by Gasteiger charge is 2.19. The molecule has 0 unspecified atom stereocenters. The van der Waals surface area contributed by atoms with Crippen molar-refractivity contribution in [3.63, 3.8) is 0 Å². The van der Waals surface area contributed by atoms with E-state index in [1.807, 2.05) is 6.07 Å². The Balaban J connectivity index is 1.53. The van der Waals surface area contributed by atoms with Crippen molar-refractivity contribution in [3.05, 3.63) is 60.0 Å². The molecule has 2 aromatic carbocycles. The van der Waals surface area contributed by atoms with Crippen molar-refractivity contribution in [1.29, 1.82) is 0 Å². The maximum atomic E-state index is 13.6. The number of para-hydroxylation sites is 1. The number of aromatic amines is 1. The lowest BCUT2D eigenvalue weighted by atomic mass is 9.94. The molecule has 2 N–H and O–H groups in total. The molecular weight excluding hydrogens is 367 g/mol. The quantitative estimate of drug-likeness (QED) is 0.454. The van der Waals surface area contributed by atoms with E-state index in [9.17, 15) is 4.39 Å². The Hall–Kier alpha value is -2.53. The van der Waals surface area contributed by atoms with Gasteiger partial charge in [0, 0.05) is 35.2 Å². The molecule has 29 heavy (non-hydrogen) atoms. The number of hydrogen-bond acceptors (Lipinski definition) is 3. The number of fused-ring (bicyclic) bond motifs is 1. The molecule has 3 aromatic rings. The molecular formula is C24H31FN2O2. The van der Waals surface area contributed by atoms with Gasteiger partial charge in [0.05, 0.1) is 6.61 Å². The molecule has 0 bridgehead atoms. The van der Waals surface area contributed by atoms with E-state index < -0.39 is 0 Å². The van der Waals surface area contributed by atoms with Crippen molar-refractivity contribution in [2.75, 3.05) is 19.8 Å². The fraction of sp³-hybridized carbons (Fsp3) is 0.417. The molecule has 0 aliphatic heterocycles. The van der Waals surface area contributed by atoms with E-state index in [2.05, 4.69) is 62.4 Å². The van der Waals surface area contributed by atoms with Gasteiger partial charge in [0.1, 0.15) is 12.4 Å². The van der Waals surface area contributed by atoms with Crippen molar-refractivity contribution < 1.29 is 13.9 Å². The maximum Gasteiger partial charge on any atom is 0.164 e. The van der Waals surface area contributed by atoms with Gasteiger partial charge >= 0.3 is 0 Å². The van der Waals surface area contributed by atoms with E-state index in [1.165, 1.54) is 23.1 Å². The SMILES string of the molecule is CC(C)COc1ccc(F)cc1OCCNC(C)(C)Cc1c[nH]c2ccccc12. The Labute approximate surface area is 172 Å². The molecule has 0 amide bonds. The number of rotatable bonds is 10. The van der Waals surface area contributed by atoms with Gasteiger partial charge in [-0.1, -0.05) is 32.0 Å². The highest BCUT2D eigenvalue weighted by Crippen LogP contribution is 2.28. The largest absolute Gasteiger partial charge is 0.489 e. The molecule has 0 spiro atoms. The second-order valence-corrected chi connectivity index (χ2v) is 8.49. The summed E-state index contributed by atoms with van der Waals surface area (Å²) in [6.07, 6.45) is 2.97. The lowest BCUT2D eigenvalue weighted by molar-refractivity contribution is 0.237. The number of nitrogens with one attached hydrogen (secondary N) is 2. The molecule has 0 saturated carbocycles. The topological polar surface area (TPSA) is 46.3 Å². The summed E-state index contributed by atoms with van der Waals surface area (Å²) in [6.45, 7) is 10.1. The first-order valence-corrected chi connectivity index (χ1v) is 10.2. The van der Waals surface area contributed by atoms with Crippen LogP contribution in [0.5, 0.6) is 11.5 Å². The molecule has 0 aliphatic rings. The first-order valence-electron chi connectivity index (χ1n) is 10.2. The van der Waals surface area contributed by atoms with Gasteiger partial charge < -0.3 is 19.8 Å². The monoisotopic (exact) mass is 398 g/mol. The molecule has 1 aromatic heterocycles. The maximum absolute atomic E-state index is 13.6. The minimum atomic E-state index is -0.329. The van der Waals surface area contributed by atoms with E-state index in [0.29, 0.717) is 37.2 Å². The predicted octanol–water partition coefficient (Wildman–Crippen LogP) is 5.33. The van der Waals surface area contributed by atoms with E-state index in [0.717, 1.165) is 11.9 Å². The average molecular weight is 399 g/mol. The highest BCUT2D eigenvalue weighted by atomic mass is 19.1. The second-order valence-electron chi connectivity index (χ2n) is 8.49. The standard InChI is InChI=1S/C24H31FN2O2/c1-17(2)16-29-22-10-9-19(25)13-23(22)28-12-11-27-24(3,4)14-18-15-26-21-8-6-5-7-20(18)21/h5-10,13,15,17,26-27H,11-12,14,16H2,1-4H3. The molecule has 3 rings (SSSR count). The van der Waals surface area contributed by atoms with Crippen LogP contribution in [0, 0.1) is 11.7 Å². The lowest BCUT2D eigenvalue weighted by Crippen LogP contribution is -2.43. The molecule has 5 heteroatoms. The summed E-state index contributed by atoms with van der Waals surface area (Å²) in [4.78, 5) is 3.33. The van der Waals surface area contributed by atoms with Gasteiger partial charge in [-0.15, -0.1) is 0 Å². The third kappa shape index (κ3) is 5.97. The van der Waals surface area contributed by atoms with Crippen LogP contribution in [0.1, 0.15) is 33.3 Å². The normalized spacial score (nSPS) is 11.9.